The minimum atomic E-state index is -0.664. The molecule has 2 aromatic carbocycles. The first kappa shape index (κ1) is 28.9. The van der Waals surface area contributed by atoms with Gasteiger partial charge in [0.05, 0.1) is 40.6 Å². The van der Waals surface area contributed by atoms with Crippen LogP contribution in [0.3, 0.4) is 0 Å². The maximum Gasteiger partial charge on any atom is 0.410 e. The van der Waals surface area contributed by atoms with E-state index in [0.29, 0.717) is 53.8 Å². The van der Waals surface area contributed by atoms with E-state index in [4.69, 9.17) is 14.6 Å². The van der Waals surface area contributed by atoms with E-state index in [1.807, 2.05) is 50.6 Å². The number of halogens is 1. The molecule has 2 aliphatic rings. The number of imidazole rings is 1. The number of benzene rings is 2. The van der Waals surface area contributed by atoms with Gasteiger partial charge in [-0.15, -0.1) is 0 Å². The fourth-order valence-electron chi connectivity index (χ4n) is 6.35. The second-order valence-electron chi connectivity index (χ2n) is 12.8. The fraction of sp³-hybridized carbons (Fsp3) is 0.394. The Labute approximate surface area is 259 Å². The predicted molar refractivity (Wildman–Crippen MR) is 166 cm³/mol. The van der Waals surface area contributed by atoms with E-state index in [-0.39, 0.29) is 11.5 Å². The number of aryl methyl sites for hydroxylation is 3. The maximum atomic E-state index is 14.7. The van der Waals surface area contributed by atoms with Gasteiger partial charge in [0.25, 0.3) is 0 Å². The molecule has 45 heavy (non-hydrogen) atoms. The molecule has 5 aromatic rings. The van der Waals surface area contributed by atoms with Crippen LogP contribution in [0.25, 0.3) is 28.1 Å². The predicted octanol–water partition coefficient (Wildman–Crippen LogP) is 5.56. The van der Waals surface area contributed by atoms with E-state index in [0.717, 1.165) is 35.1 Å². The molecule has 3 aromatic heterocycles. The number of carbonyl (C=O) groups excluding carboxylic acids is 1. The molecule has 0 radical (unpaired) electrons. The number of nitrogens with zero attached hydrogens (tertiary/aromatic N) is 7. The summed E-state index contributed by atoms with van der Waals surface area (Å²) in [4.78, 5) is 29.2. The zero-order valence-corrected chi connectivity index (χ0v) is 26.3. The van der Waals surface area contributed by atoms with Crippen molar-refractivity contribution in [2.24, 2.45) is 0 Å². The lowest BCUT2D eigenvalue weighted by Crippen LogP contribution is -2.42. The van der Waals surface area contributed by atoms with Crippen LogP contribution in [0.4, 0.5) is 9.18 Å². The highest BCUT2D eigenvalue weighted by atomic mass is 19.1. The molecule has 7 rings (SSSR count). The molecule has 1 atom stereocenters. The number of hydrogen-bond acceptors (Lipinski definition) is 6. The third kappa shape index (κ3) is 4.79. The van der Waals surface area contributed by atoms with E-state index in [1.165, 1.54) is 0 Å². The molecule has 5 heterocycles. The Morgan fingerprint density at radius 2 is 1.76 bits per heavy atom. The summed E-state index contributed by atoms with van der Waals surface area (Å²) in [6.45, 7) is 12.6. The number of fused-ring (bicyclic) bond motifs is 4. The van der Waals surface area contributed by atoms with Gasteiger partial charge in [0.15, 0.2) is 0 Å². The number of aromatic nitrogens is 6. The summed E-state index contributed by atoms with van der Waals surface area (Å²) < 4.78 is 33.0. The zero-order chi connectivity index (χ0) is 31.8. The first-order valence-electron chi connectivity index (χ1n) is 15.2. The van der Waals surface area contributed by atoms with Crippen LogP contribution in [0.1, 0.15) is 62.5 Å². The second kappa shape index (κ2) is 10.4. The topological polar surface area (TPSA) is 101 Å². The highest BCUT2D eigenvalue weighted by molar-refractivity contribution is 5.86. The van der Waals surface area contributed by atoms with Gasteiger partial charge in [-0.05, 0) is 83.0 Å². The van der Waals surface area contributed by atoms with Crippen LogP contribution in [0.2, 0.25) is 0 Å². The summed E-state index contributed by atoms with van der Waals surface area (Å²) in [6.07, 6.45) is 4.34. The van der Waals surface area contributed by atoms with Crippen molar-refractivity contribution in [2.75, 3.05) is 13.2 Å². The molecule has 234 valence electrons. The number of amides is 1. The lowest BCUT2D eigenvalue weighted by atomic mass is 10.00. The van der Waals surface area contributed by atoms with Crippen LogP contribution in [0, 0.1) is 19.7 Å². The van der Waals surface area contributed by atoms with Crippen LogP contribution in [-0.2, 0) is 17.7 Å². The lowest BCUT2D eigenvalue weighted by Gasteiger charge is -2.34. The minimum Gasteiger partial charge on any atom is -0.477 e. The lowest BCUT2D eigenvalue weighted by molar-refractivity contribution is 0.0159. The molecule has 0 saturated heterocycles. The normalized spacial score (nSPS) is 16.4. The molecule has 0 N–H and O–H groups in total. The first-order valence-corrected chi connectivity index (χ1v) is 15.2. The highest BCUT2D eigenvalue weighted by Gasteiger charge is 2.37. The van der Waals surface area contributed by atoms with Gasteiger partial charge in [0.2, 0.25) is 5.88 Å². The van der Waals surface area contributed by atoms with E-state index in [9.17, 15) is 14.0 Å². The summed E-state index contributed by atoms with van der Waals surface area (Å²) in [5.41, 5.74) is 3.54. The van der Waals surface area contributed by atoms with Gasteiger partial charge >= 0.3 is 11.8 Å². The number of rotatable bonds is 3. The minimum absolute atomic E-state index is 0.285. The Balaban J connectivity index is 1.39. The summed E-state index contributed by atoms with van der Waals surface area (Å²) in [7, 11) is 0. The average molecular weight is 614 g/mol. The molecule has 0 spiro atoms. The molecular formula is C33H36FN7O4. The molecule has 0 aliphatic carbocycles. The van der Waals surface area contributed by atoms with Crippen LogP contribution in [-0.4, -0.2) is 58.4 Å². The van der Waals surface area contributed by atoms with Gasteiger partial charge < -0.3 is 14.4 Å². The third-order valence-corrected chi connectivity index (χ3v) is 8.45. The Bertz CT molecular complexity index is 2020. The standard InChI is InChI=1S/C33H36FN7O4/c1-19-16-23(17-20(2)28(19)34)41-29(27-21(3)37(12-10-26(27)36-41)32(43)45-33(4,5)6)39-14-13-38(31(39)42)22-8-9-25-24(18-22)30-40(35-25)11-7-15-44-30/h8-9,13-14,16-18,21H,7,10-12,15H2,1-6H3/t21-/m0/s1. The quantitative estimate of drug-likeness (QED) is 0.264. The van der Waals surface area contributed by atoms with Gasteiger partial charge in [-0.1, -0.05) is 0 Å². The van der Waals surface area contributed by atoms with Gasteiger partial charge in [-0.2, -0.15) is 10.2 Å². The SMILES string of the molecule is Cc1cc(-n2nc3c(c2-n2ccn(-c4ccc5nn6c(c5c4)OCCC6)c2=O)[C@H](C)N(C(=O)OC(C)(C)C)CC3)cc(C)c1F. The molecule has 1 amide bonds. The molecule has 12 heteroatoms. The first-order chi connectivity index (χ1) is 21.4. The molecule has 0 fully saturated rings. The van der Waals surface area contributed by atoms with Gasteiger partial charge in [-0.3, -0.25) is 9.13 Å². The van der Waals surface area contributed by atoms with E-state index in [1.54, 1.807) is 57.1 Å². The largest absolute Gasteiger partial charge is 0.477 e. The van der Waals surface area contributed by atoms with E-state index >= 15 is 0 Å². The van der Waals surface area contributed by atoms with Gasteiger partial charge in [0, 0.05) is 43.9 Å². The Morgan fingerprint density at radius 1 is 1.02 bits per heavy atom. The van der Waals surface area contributed by atoms with E-state index in [2.05, 4.69) is 5.10 Å². The van der Waals surface area contributed by atoms with Crippen molar-refractivity contribution in [2.45, 2.75) is 72.6 Å². The molecule has 0 bridgehead atoms. The van der Waals surface area contributed by atoms with Crippen molar-refractivity contribution in [3.63, 3.8) is 0 Å². The number of hydrogen-bond donors (Lipinski definition) is 0. The summed E-state index contributed by atoms with van der Waals surface area (Å²) in [6, 6.07) is 8.66. The highest BCUT2D eigenvalue weighted by Crippen LogP contribution is 2.37. The Hall–Kier alpha value is -4.87. The fourth-order valence-corrected chi connectivity index (χ4v) is 6.35. The summed E-state index contributed by atoms with van der Waals surface area (Å²) in [5.74, 6) is 0.912. The van der Waals surface area contributed by atoms with Crippen molar-refractivity contribution in [1.29, 1.82) is 0 Å². The average Bonchev–Trinajstić information content (AvgIpc) is 3.67. The Kier molecular flexibility index (Phi) is 6.64. The van der Waals surface area contributed by atoms with Crippen molar-refractivity contribution in [3.8, 4) is 23.1 Å². The van der Waals surface area contributed by atoms with Crippen molar-refractivity contribution in [1.82, 2.24) is 33.6 Å². The smallest absolute Gasteiger partial charge is 0.410 e. The van der Waals surface area contributed by atoms with Crippen LogP contribution in [0.15, 0.2) is 47.5 Å². The second-order valence-corrected chi connectivity index (χ2v) is 12.8. The van der Waals surface area contributed by atoms with Crippen molar-refractivity contribution >= 4 is 17.0 Å². The van der Waals surface area contributed by atoms with Crippen LogP contribution < -0.4 is 10.4 Å². The van der Waals surface area contributed by atoms with Crippen LogP contribution in [0.5, 0.6) is 5.88 Å². The summed E-state index contributed by atoms with van der Waals surface area (Å²) >= 11 is 0. The Morgan fingerprint density at radius 3 is 2.49 bits per heavy atom. The van der Waals surface area contributed by atoms with Gasteiger partial charge in [-0.25, -0.2) is 23.3 Å². The number of carbonyl (C=O) groups is 1. The van der Waals surface area contributed by atoms with Crippen molar-refractivity contribution < 1.29 is 18.7 Å². The monoisotopic (exact) mass is 613 g/mol. The molecule has 2 aliphatic heterocycles. The molecule has 11 nitrogen and oxygen atoms in total. The van der Waals surface area contributed by atoms with Crippen LogP contribution >= 0.6 is 0 Å². The number of ether oxygens (including phenoxy) is 2. The van der Waals surface area contributed by atoms with Crippen molar-refractivity contribution in [3.05, 3.63) is 81.4 Å². The van der Waals surface area contributed by atoms with E-state index < -0.39 is 17.7 Å². The van der Waals surface area contributed by atoms with Gasteiger partial charge in [0.1, 0.15) is 17.2 Å². The third-order valence-electron chi connectivity index (χ3n) is 8.45. The zero-order valence-electron chi connectivity index (χ0n) is 26.3. The molecular weight excluding hydrogens is 577 g/mol. The summed E-state index contributed by atoms with van der Waals surface area (Å²) in [5, 5.41) is 10.4. The molecule has 0 unspecified atom stereocenters. The maximum absolute atomic E-state index is 14.7. The molecule has 0 saturated carbocycles.